The van der Waals surface area contributed by atoms with Crippen LogP contribution >= 0.6 is 31.9 Å². The highest BCUT2D eigenvalue weighted by atomic mass is 79.9. The molecule has 1 aromatic carbocycles. The number of hydrogen-bond donors (Lipinski definition) is 1. The molecule has 4 nitrogen and oxygen atoms in total. The lowest BCUT2D eigenvalue weighted by Gasteiger charge is -2.17. The lowest BCUT2D eigenvalue weighted by atomic mass is 10.4. The van der Waals surface area contributed by atoms with Crippen molar-refractivity contribution >= 4 is 41.9 Å². The number of halogens is 2. The Balaban J connectivity index is 3.17. The zero-order valence-electron chi connectivity index (χ0n) is 8.65. The quantitative estimate of drug-likeness (QED) is 0.877. The van der Waals surface area contributed by atoms with Crippen LogP contribution in [0, 0.1) is 0 Å². The summed E-state index contributed by atoms with van der Waals surface area (Å²) in [7, 11) is -1.95. The molecule has 2 N–H and O–H groups in total. The predicted octanol–water partition coefficient (Wildman–Crippen LogP) is 1.79. The Kier molecular flexibility index (Phi) is 4.93. The van der Waals surface area contributed by atoms with Crippen LogP contribution in [0.1, 0.15) is 0 Å². The van der Waals surface area contributed by atoms with E-state index in [4.69, 9.17) is 5.73 Å². The van der Waals surface area contributed by atoms with Crippen molar-refractivity contribution in [2.24, 2.45) is 5.73 Å². The molecule has 1 aromatic rings. The fraction of sp³-hybridized carbons (Fsp3) is 0.333. The van der Waals surface area contributed by atoms with E-state index in [1.165, 1.54) is 11.4 Å². The van der Waals surface area contributed by atoms with Gasteiger partial charge in [-0.1, -0.05) is 15.9 Å². The normalized spacial score (nSPS) is 12.1. The zero-order valence-corrected chi connectivity index (χ0v) is 12.6. The summed E-state index contributed by atoms with van der Waals surface area (Å²) in [5.74, 6) is 0. The van der Waals surface area contributed by atoms with Crippen LogP contribution in [0.15, 0.2) is 32.0 Å². The lowest BCUT2D eigenvalue weighted by molar-refractivity contribution is 0.476. The molecule has 0 aromatic heterocycles. The standard InChI is InChI=1S/C9H12Br2N2O2S/c1-13(5-4-12)16(14,15)9-3-2-7(10)6-8(9)11/h2-3,6H,4-5,12H2,1H3. The molecule has 0 saturated carbocycles. The molecule has 0 spiro atoms. The molecule has 1 rings (SSSR count). The summed E-state index contributed by atoms with van der Waals surface area (Å²) in [6.45, 7) is 0.592. The maximum absolute atomic E-state index is 12.1. The van der Waals surface area contributed by atoms with Crippen molar-refractivity contribution in [2.45, 2.75) is 4.90 Å². The first-order valence-corrected chi connectivity index (χ1v) is 7.53. The maximum Gasteiger partial charge on any atom is 0.243 e. The molecule has 0 fully saturated rings. The molecule has 16 heavy (non-hydrogen) atoms. The Bertz CT molecular complexity index is 476. The molecule has 0 radical (unpaired) electrons. The van der Waals surface area contributed by atoms with Crippen molar-refractivity contribution in [1.82, 2.24) is 4.31 Å². The zero-order chi connectivity index (χ0) is 12.3. The Morgan fingerprint density at radius 3 is 2.50 bits per heavy atom. The van der Waals surface area contributed by atoms with Crippen LogP contribution in [0.3, 0.4) is 0 Å². The average molecular weight is 372 g/mol. The first-order chi connectivity index (χ1) is 7.39. The third-order valence-electron chi connectivity index (χ3n) is 2.03. The monoisotopic (exact) mass is 370 g/mol. The lowest BCUT2D eigenvalue weighted by Crippen LogP contribution is -2.31. The number of sulfonamides is 1. The highest BCUT2D eigenvalue weighted by molar-refractivity contribution is 9.11. The van der Waals surface area contributed by atoms with Gasteiger partial charge in [-0.15, -0.1) is 0 Å². The Morgan fingerprint density at radius 1 is 1.38 bits per heavy atom. The van der Waals surface area contributed by atoms with Crippen LogP contribution < -0.4 is 5.73 Å². The fourth-order valence-corrected chi connectivity index (χ4v) is 4.04. The van der Waals surface area contributed by atoms with Gasteiger partial charge in [0.05, 0.1) is 4.90 Å². The molecule has 0 bridgehead atoms. The van der Waals surface area contributed by atoms with Crippen LogP contribution in [-0.4, -0.2) is 32.9 Å². The van der Waals surface area contributed by atoms with Crippen LogP contribution in [0.5, 0.6) is 0 Å². The van der Waals surface area contributed by atoms with E-state index in [9.17, 15) is 8.42 Å². The molecule has 0 atom stereocenters. The Morgan fingerprint density at radius 2 is 2.00 bits per heavy atom. The molecule has 0 amide bonds. The van der Waals surface area contributed by atoms with E-state index in [1.54, 1.807) is 18.2 Å². The first-order valence-electron chi connectivity index (χ1n) is 4.51. The van der Waals surface area contributed by atoms with Crippen LogP contribution in [0.25, 0.3) is 0 Å². The van der Waals surface area contributed by atoms with Gasteiger partial charge in [-0.3, -0.25) is 0 Å². The van der Waals surface area contributed by atoms with Crippen molar-refractivity contribution < 1.29 is 8.42 Å². The van der Waals surface area contributed by atoms with Crippen molar-refractivity contribution in [2.75, 3.05) is 20.1 Å². The molecular weight excluding hydrogens is 360 g/mol. The van der Waals surface area contributed by atoms with E-state index < -0.39 is 10.0 Å². The third kappa shape index (κ3) is 3.04. The number of benzene rings is 1. The second kappa shape index (κ2) is 5.59. The van der Waals surface area contributed by atoms with Crippen molar-refractivity contribution in [1.29, 1.82) is 0 Å². The molecule has 0 aliphatic carbocycles. The second-order valence-electron chi connectivity index (χ2n) is 3.19. The van der Waals surface area contributed by atoms with E-state index in [0.29, 0.717) is 17.6 Å². The Labute approximate surface area is 112 Å². The number of hydrogen-bond acceptors (Lipinski definition) is 3. The fourth-order valence-electron chi connectivity index (χ4n) is 1.15. The van der Waals surface area contributed by atoms with Gasteiger partial charge in [0.1, 0.15) is 0 Å². The second-order valence-corrected chi connectivity index (χ2v) is 6.97. The molecule has 0 unspecified atom stereocenters. The summed E-state index contributed by atoms with van der Waals surface area (Å²) < 4.78 is 26.7. The average Bonchev–Trinajstić information content (AvgIpc) is 2.17. The predicted molar refractivity (Wildman–Crippen MR) is 70.7 cm³/mol. The van der Waals surface area contributed by atoms with E-state index in [0.717, 1.165) is 4.47 Å². The van der Waals surface area contributed by atoms with Crippen LogP contribution in [0.2, 0.25) is 0 Å². The molecule has 90 valence electrons. The highest BCUT2D eigenvalue weighted by Crippen LogP contribution is 2.27. The third-order valence-corrected chi connectivity index (χ3v) is 5.35. The first kappa shape index (κ1) is 14.1. The minimum Gasteiger partial charge on any atom is -0.329 e. The van der Waals surface area contributed by atoms with E-state index in [2.05, 4.69) is 31.9 Å². The largest absolute Gasteiger partial charge is 0.329 e. The summed E-state index contributed by atoms with van der Waals surface area (Å²) >= 11 is 6.51. The molecular formula is C9H12Br2N2O2S. The van der Waals surface area contributed by atoms with Gasteiger partial charge in [0, 0.05) is 29.1 Å². The number of nitrogens with two attached hydrogens (primary N) is 1. The van der Waals surface area contributed by atoms with Gasteiger partial charge in [-0.05, 0) is 34.1 Å². The van der Waals surface area contributed by atoms with Gasteiger partial charge in [0.2, 0.25) is 10.0 Å². The van der Waals surface area contributed by atoms with E-state index in [1.807, 2.05) is 0 Å². The van der Waals surface area contributed by atoms with Crippen molar-refractivity contribution in [3.8, 4) is 0 Å². The minimum absolute atomic E-state index is 0.242. The van der Waals surface area contributed by atoms with Gasteiger partial charge in [-0.2, -0.15) is 4.31 Å². The number of likely N-dealkylation sites (N-methyl/N-ethyl adjacent to an activating group) is 1. The number of rotatable bonds is 4. The van der Waals surface area contributed by atoms with Gasteiger partial charge in [-0.25, -0.2) is 8.42 Å². The number of nitrogens with zero attached hydrogens (tertiary/aromatic N) is 1. The Hall–Kier alpha value is 0.0500. The molecule has 0 heterocycles. The van der Waals surface area contributed by atoms with Crippen LogP contribution in [0.4, 0.5) is 0 Å². The van der Waals surface area contributed by atoms with Gasteiger partial charge >= 0.3 is 0 Å². The maximum atomic E-state index is 12.1. The minimum atomic E-state index is -3.46. The van der Waals surface area contributed by atoms with Gasteiger partial charge < -0.3 is 5.73 Å². The van der Waals surface area contributed by atoms with Crippen molar-refractivity contribution in [3.05, 3.63) is 27.1 Å². The van der Waals surface area contributed by atoms with E-state index >= 15 is 0 Å². The topological polar surface area (TPSA) is 63.4 Å². The van der Waals surface area contributed by atoms with E-state index in [-0.39, 0.29) is 4.90 Å². The molecule has 7 heteroatoms. The van der Waals surface area contributed by atoms with Gasteiger partial charge in [0.15, 0.2) is 0 Å². The van der Waals surface area contributed by atoms with Gasteiger partial charge in [0.25, 0.3) is 0 Å². The molecule has 0 aliphatic rings. The summed E-state index contributed by atoms with van der Waals surface area (Å²) in [5, 5.41) is 0. The van der Waals surface area contributed by atoms with Crippen molar-refractivity contribution in [3.63, 3.8) is 0 Å². The summed E-state index contributed by atoms with van der Waals surface area (Å²) in [6, 6.07) is 4.94. The summed E-state index contributed by atoms with van der Waals surface area (Å²) in [5.41, 5.74) is 5.34. The molecule has 0 saturated heterocycles. The molecule has 0 aliphatic heterocycles. The SMILES string of the molecule is CN(CCN)S(=O)(=O)c1ccc(Br)cc1Br. The summed E-state index contributed by atoms with van der Waals surface area (Å²) in [4.78, 5) is 0.242. The van der Waals surface area contributed by atoms with Crippen LogP contribution in [-0.2, 0) is 10.0 Å². The smallest absolute Gasteiger partial charge is 0.243 e. The summed E-state index contributed by atoms with van der Waals surface area (Å²) in [6.07, 6.45) is 0. The highest BCUT2D eigenvalue weighted by Gasteiger charge is 2.22.